The van der Waals surface area contributed by atoms with Gasteiger partial charge in [0.05, 0.1) is 0 Å². The first-order valence-electron chi connectivity index (χ1n) is 10.2. The number of nitrogens with zero attached hydrogens (tertiary/aromatic N) is 1. The average molecular weight is 431 g/mol. The first-order chi connectivity index (χ1) is 14.2. The van der Waals surface area contributed by atoms with E-state index in [0.717, 1.165) is 16.7 Å². The Labute approximate surface area is 184 Å². The largest absolute Gasteiger partial charge is 0.483 e. The number of hydrogen-bond acceptors (Lipinski definition) is 3. The molecule has 5 nitrogen and oxygen atoms in total. The number of halogens is 1. The molecule has 0 spiro atoms. The van der Waals surface area contributed by atoms with E-state index in [2.05, 4.69) is 5.32 Å². The Balaban J connectivity index is 2.15. The standard InChI is InChI=1S/C24H31ClN2O3/c1-16(2)13-26-24(29)19(5)27(14-20-9-11-21(25)12-10-20)23(28)15-30-22-8-6-7-17(3)18(22)4/h6-12,16,19H,13-15H2,1-5H3,(H,26,29). The van der Waals surface area contributed by atoms with Gasteiger partial charge in [0.25, 0.3) is 5.91 Å². The second-order valence-electron chi connectivity index (χ2n) is 7.95. The summed E-state index contributed by atoms with van der Waals surface area (Å²) in [6.07, 6.45) is 0. The lowest BCUT2D eigenvalue weighted by Gasteiger charge is -2.29. The molecule has 0 aliphatic rings. The van der Waals surface area contributed by atoms with E-state index in [1.54, 1.807) is 24.0 Å². The molecule has 0 aliphatic carbocycles. The summed E-state index contributed by atoms with van der Waals surface area (Å²) in [4.78, 5) is 27.3. The van der Waals surface area contributed by atoms with Crippen LogP contribution in [0.1, 0.15) is 37.5 Å². The smallest absolute Gasteiger partial charge is 0.261 e. The summed E-state index contributed by atoms with van der Waals surface area (Å²) in [6, 6.07) is 12.4. The van der Waals surface area contributed by atoms with Gasteiger partial charge in [0.1, 0.15) is 11.8 Å². The fourth-order valence-electron chi connectivity index (χ4n) is 2.92. The lowest BCUT2D eigenvalue weighted by molar-refractivity contribution is -0.142. The lowest BCUT2D eigenvalue weighted by Crippen LogP contribution is -2.49. The molecule has 0 saturated heterocycles. The van der Waals surface area contributed by atoms with E-state index in [9.17, 15) is 9.59 Å². The number of aryl methyl sites for hydroxylation is 1. The zero-order chi connectivity index (χ0) is 22.3. The minimum absolute atomic E-state index is 0.139. The summed E-state index contributed by atoms with van der Waals surface area (Å²) >= 11 is 5.98. The maximum Gasteiger partial charge on any atom is 0.261 e. The van der Waals surface area contributed by atoms with E-state index in [0.29, 0.717) is 29.8 Å². The molecule has 162 valence electrons. The molecule has 1 atom stereocenters. The third-order valence-corrected chi connectivity index (χ3v) is 5.28. The highest BCUT2D eigenvalue weighted by molar-refractivity contribution is 6.30. The van der Waals surface area contributed by atoms with Crippen LogP contribution in [-0.2, 0) is 16.1 Å². The van der Waals surface area contributed by atoms with E-state index in [-0.39, 0.29) is 18.4 Å². The maximum absolute atomic E-state index is 13.1. The van der Waals surface area contributed by atoms with Crippen LogP contribution in [-0.4, -0.2) is 35.9 Å². The van der Waals surface area contributed by atoms with Crippen LogP contribution in [0.3, 0.4) is 0 Å². The highest BCUT2D eigenvalue weighted by Gasteiger charge is 2.26. The molecule has 2 aromatic rings. The number of benzene rings is 2. The Kier molecular flexibility index (Phi) is 8.72. The van der Waals surface area contributed by atoms with Crippen molar-refractivity contribution in [3.8, 4) is 5.75 Å². The molecule has 1 N–H and O–H groups in total. The Morgan fingerprint density at radius 2 is 1.73 bits per heavy atom. The van der Waals surface area contributed by atoms with E-state index >= 15 is 0 Å². The van der Waals surface area contributed by atoms with Crippen molar-refractivity contribution in [3.05, 3.63) is 64.2 Å². The van der Waals surface area contributed by atoms with Gasteiger partial charge in [0.15, 0.2) is 6.61 Å². The van der Waals surface area contributed by atoms with Crippen LogP contribution in [0.25, 0.3) is 0 Å². The molecule has 6 heteroatoms. The van der Waals surface area contributed by atoms with E-state index in [1.807, 2.05) is 58.0 Å². The summed E-state index contributed by atoms with van der Waals surface area (Å²) in [5.41, 5.74) is 2.99. The van der Waals surface area contributed by atoms with Gasteiger partial charge in [-0.2, -0.15) is 0 Å². The van der Waals surface area contributed by atoms with Crippen molar-refractivity contribution in [2.75, 3.05) is 13.2 Å². The summed E-state index contributed by atoms with van der Waals surface area (Å²) in [5, 5.41) is 3.53. The highest BCUT2D eigenvalue weighted by atomic mass is 35.5. The van der Waals surface area contributed by atoms with E-state index in [4.69, 9.17) is 16.3 Å². The van der Waals surface area contributed by atoms with Crippen LogP contribution in [0.15, 0.2) is 42.5 Å². The summed E-state index contributed by atoms with van der Waals surface area (Å²) in [5.74, 6) is 0.566. The minimum atomic E-state index is -0.630. The number of amides is 2. The van der Waals surface area contributed by atoms with E-state index < -0.39 is 6.04 Å². The molecule has 2 rings (SSSR count). The first-order valence-corrected chi connectivity index (χ1v) is 10.6. The number of rotatable bonds is 9. The van der Waals surface area contributed by atoms with Crippen LogP contribution >= 0.6 is 11.6 Å². The van der Waals surface area contributed by atoms with E-state index in [1.165, 1.54) is 0 Å². The van der Waals surface area contributed by atoms with Crippen LogP contribution in [0.5, 0.6) is 5.75 Å². The molecule has 0 aliphatic heterocycles. The van der Waals surface area contributed by atoms with Gasteiger partial charge in [-0.25, -0.2) is 0 Å². The molecular weight excluding hydrogens is 400 g/mol. The van der Waals surface area contributed by atoms with Gasteiger partial charge >= 0.3 is 0 Å². The van der Waals surface area contributed by atoms with Gasteiger partial charge in [-0.15, -0.1) is 0 Å². The summed E-state index contributed by atoms with van der Waals surface area (Å²) in [7, 11) is 0. The molecule has 0 radical (unpaired) electrons. The number of carbonyl (C=O) groups is 2. The molecule has 2 aromatic carbocycles. The first kappa shape index (κ1) is 23.7. The Morgan fingerprint density at radius 3 is 2.37 bits per heavy atom. The van der Waals surface area contributed by atoms with Crippen molar-refractivity contribution < 1.29 is 14.3 Å². The molecule has 0 saturated carbocycles. The molecule has 0 heterocycles. The fraction of sp³-hybridized carbons (Fsp3) is 0.417. The van der Waals surface area contributed by atoms with Crippen molar-refractivity contribution in [2.24, 2.45) is 5.92 Å². The molecule has 2 amide bonds. The second-order valence-corrected chi connectivity index (χ2v) is 8.39. The Bertz CT molecular complexity index is 865. The quantitative estimate of drug-likeness (QED) is 0.636. The molecule has 0 bridgehead atoms. The van der Waals surface area contributed by atoms with Crippen molar-refractivity contribution >= 4 is 23.4 Å². The topological polar surface area (TPSA) is 58.6 Å². The van der Waals surface area contributed by atoms with Crippen LogP contribution in [0.4, 0.5) is 0 Å². The lowest BCUT2D eigenvalue weighted by atomic mass is 10.1. The predicted molar refractivity (Wildman–Crippen MR) is 121 cm³/mol. The molecule has 0 fully saturated rings. The summed E-state index contributed by atoms with van der Waals surface area (Å²) in [6.45, 7) is 10.5. The highest BCUT2D eigenvalue weighted by Crippen LogP contribution is 2.21. The van der Waals surface area contributed by atoms with Crippen LogP contribution < -0.4 is 10.1 Å². The Hall–Kier alpha value is -2.53. The normalized spacial score (nSPS) is 11.8. The zero-order valence-electron chi connectivity index (χ0n) is 18.4. The summed E-state index contributed by atoms with van der Waals surface area (Å²) < 4.78 is 5.80. The van der Waals surface area contributed by atoms with Gasteiger partial charge in [0.2, 0.25) is 5.91 Å². The number of nitrogens with one attached hydrogen (secondary N) is 1. The zero-order valence-corrected chi connectivity index (χ0v) is 19.1. The van der Waals surface area contributed by atoms with Crippen molar-refractivity contribution in [2.45, 2.75) is 47.2 Å². The maximum atomic E-state index is 13.1. The molecule has 30 heavy (non-hydrogen) atoms. The number of carbonyl (C=O) groups excluding carboxylic acids is 2. The number of hydrogen-bond donors (Lipinski definition) is 1. The van der Waals surface area contributed by atoms with Crippen molar-refractivity contribution in [1.29, 1.82) is 0 Å². The minimum Gasteiger partial charge on any atom is -0.483 e. The van der Waals surface area contributed by atoms with Gasteiger partial charge in [-0.05, 0) is 61.6 Å². The SMILES string of the molecule is Cc1cccc(OCC(=O)N(Cc2ccc(Cl)cc2)C(C)C(=O)NCC(C)C)c1C. The van der Waals surface area contributed by atoms with Gasteiger partial charge in [0, 0.05) is 18.1 Å². The van der Waals surface area contributed by atoms with Crippen LogP contribution in [0, 0.1) is 19.8 Å². The monoisotopic (exact) mass is 430 g/mol. The van der Waals surface area contributed by atoms with Crippen LogP contribution in [0.2, 0.25) is 5.02 Å². The number of ether oxygens (including phenoxy) is 1. The Morgan fingerprint density at radius 1 is 1.07 bits per heavy atom. The van der Waals surface area contributed by atoms with Crippen molar-refractivity contribution in [3.63, 3.8) is 0 Å². The van der Waals surface area contributed by atoms with Gasteiger partial charge in [-0.3, -0.25) is 9.59 Å². The van der Waals surface area contributed by atoms with Gasteiger partial charge in [-0.1, -0.05) is 49.7 Å². The average Bonchev–Trinajstić information content (AvgIpc) is 2.71. The molecule has 1 unspecified atom stereocenters. The van der Waals surface area contributed by atoms with Crippen molar-refractivity contribution in [1.82, 2.24) is 10.2 Å². The fourth-order valence-corrected chi connectivity index (χ4v) is 3.05. The second kappa shape index (κ2) is 11.0. The third kappa shape index (κ3) is 6.77. The molecular formula is C24H31ClN2O3. The third-order valence-electron chi connectivity index (χ3n) is 5.02. The predicted octanol–water partition coefficient (Wildman–Crippen LogP) is 4.53. The van der Waals surface area contributed by atoms with Gasteiger partial charge < -0.3 is 15.0 Å². The molecule has 0 aromatic heterocycles.